The molecule has 188 valence electrons. The number of aryl methyl sites for hydroxylation is 1. The van der Waals surface area contributed by atoms with Crippen LogP contribution in [0.4, 0.5) is 17.1 Å². The molecule has 3 amide bonds. The van der Waals surface area contributed by atoms with Crippen molar-refractivity contribution in [3.8, 4) is 0 Å². The van der Waals surface area contributed by atoms with Crippen LogP contribution in [0.25, 0.3) is 0 Å². The molecule has 0 unspecified atom stereocenters. The van der Waals surface area contributed by atoms with Crippen LogP contribution in [0, 0.1) is 0 Å². The Bertz CT molecular complexity index is 1380. The van der Waals surface area contributed by atoms with Crippen LogP contribution in [0.3, 0.4) is 0 Å². The number of carbonyl (C=O) groups is 4. The summed E-state index contributed by atoms with van der Waals surface area (Å²) in [4.78, 5) is 51.1. The lowest BCUT2D eigenvalue weighted by Crippen LogP contribution is -2.32. The maximum Gasteiger partial charge on any atom is 0.338 e. The fourth-order valence-electron chi connectivity index (χ4n) is 3.68. The summed E-state index contributed by atoms with van der Waals surface area (Å²) in [5, 5.41) is 5.44. The van der Waals surface area contributed by atoms with Crippen LogP contribution in [0.2, 0.25) is 0 Å². The van der Waals surface area contributed by atoms with Gasteiger partial charge in [0.2, 0.25) is 0 Å². The molecule has 1 aliphatic rings. The Morgan fingerprint density at radius 1 is 0.811 bits per heavy atom. The molecule has 0 spiro atoms. The second-order valence-electron chi connectivity index (χ2n) is 8.11. The molecule has 0 aromatic heterocycles. The number of anilines is 3. The van der Waals surface area contributed by atoms with E-state index in [4.69, 9.17) is 16.3 Å². The Hall–Kier alpha value is -4.43. The average Bonchev–Trinajstić information content (AvgIpc) is 3.12. The van der Waals surface area contributed by atoms with Gasteiger partial charge in [0.05, 0.1) is 17.9 Å². The van der Waals surface area contributed by atoms with Crippen molar-refractivity contribution in [3.05, 3.63) is 100 Å². The van der Waals surface area contributed by atoms with Crippen molar-refractivity contribution in [2.45, 2.75) is 20.3 Å². The van der Waals surface area contributed by atoms with E-state index in [-0.39, 0.29) is 23.2 Å². The predicted molar refractivity (Wildman–Crippen MR) is 142 cm³/mol. The van der Waals surface area contributed by atoms with E-state index in [1.54, 1.807) is 67.6 Å². The molecule has 0 fully saturated rings. The van der Waals surface area contributed by atoms with Crippen molar-refractivity contribution in [3.63, 3.8) is 0 Å². The first-order valence-corrected chi connectivity index (χ1v) is 12.0. The summed E-state index contributed by atoms with van der Waals surface area (Å²) < 4.78 is 4.95. The van der Waals surface area contributed by atoms with E-state index in [2.05, 4.69) is 10.6 Å². The number of halogens is 1. The molecule has 3 aromatic carbocycles. The standard InChI is InChI=1S/C28H24ClN3O5/c1-3-17-5-15-22(16-6-17)32-26(34)23(29)24(27(32)35)30-20-11-7-18(8-12-20)25(33)31-21-13-9-19(10-14-21)28(36)37-4-2/h5-16,30H,3-4H2,1-2H3,(H,31,33). The molecular formula is C28H24ClN3O5. The second-order valence-corrected chi connectivity index (χ2v) is 8.49. The summed E-state index contributed by atoms with van der Waals surface area (Å²) in [6.45, 7) is 4.02. The number of hydrogen-bond acceptors (Lipinski definition) is 6. The van der Waals surface area contributed by atoms with Gasteiger partial charge in [-0.2, -0.15) is 0 Å². The summed E-state index contributed by atoms with van der Waals surface area (Å²) in [5.41, 5.74) is 3.23. The number of esters is 1. The van der Waals surface area contributed by atoms with Crippen LogP contribution in [-0.2, 0) is 20.7 Å². The number of nitrogens with one attached hydrogen (secondary N) is 2. The molecule has 0 saturated carbocycles. The Labute approximate surface area is 218 Å². The molecule has 3 aromatic rings. The minimum atomic E-state index is -0.608. The number of rotatable bonds is 8. The largest absolute Gasteiger partial charge is 0.462 e. The van der Waals surface area contributed by atoms with Gasteiger partial charge in [0.1, 0.15) is 10.7 Å². The minimum Gasteiger partial charge on any atom is -0.462 e. The zero-order chi connectivity index (χ0) is 26.5. The minimum absolute atomic E-state index is 0.0369. The SMILES string of the molecule is CCOC(=O)c1ccc(NC(=O)c2ccc(NC3=C(Cl)C(=O)N(c4ccc(CC)cc4)C3=O)cc2)cc1. The number of imide groups is 1. The molecule has 0 aliphatic carbocycles. The van der Waals surface area contributed by atoms with Gasteiger partial charge < -0.3 is 15.4 Å². The van der Waals surface area contributed by atoms with E-state index in [1.807, 2.05) is 19.1 Å². The van der Waals surface area contributed by atoms with Crippen LogP contribution in [0.5, 0.6) is 0 Å². The Morgan fingerprint density at radius 3 is 2.00 bits per heavy atom. The molecule has 0 atom stereocenters. The monoisotopic (exact) mass is 517 g/mol. The number of benzene rings is 3. The van der Waals surface area contributed by atoms with Crippen LogP contribution < -0.4 is 15.5 Å². The first-order valence-electron chi connectivity index (χ1n) is 11.7. The summed E-state index contributed by atoms with van der Waals surface area (Å²) in [6.07, 6.45) is 0.837. The third-order valence-electron chi connectivity index (χ3n) is 5.70. The molecule has 2 N–H and O–H groups in total. The van der Waals surface area contributed by atoms with Gasteiger partial charge in [-0.1, -0.05) is 30.7 Å². The van der Waals surface area contributed by atoms with Gasteiger partial charge in [0.15, 0.2) is 0 Å². The summed E-state index contributed by atoms with van der Waals surface area (Å²) in [5.74, 6) is -1.96. The Morgan fingerprint density at radius 2 is 1.41 bits per heavy atom. The van der Waals surface area contributed by atoms with Crippen LogP contribution >= 0.6 is 11.6 Å². The van der Waals surface area contributed by atoms with Gasteiger partial charge in [-0.25, -0.2) is 9.69 Å². The van der Waals surface area contributed by atoms with E-state index >= 15 is 0 Å². The number of nitrogens with zero attached hydrogens (tertiary/aromatic N) is 1. The third kappa shape index (κ3) is 5.54. The molecule has 4 rings (SSSR count). The molecule has 0 bridgehead atoms. The van der Waals surface area contributed by atoms with Gasteiger partial charge in [0.25, 0.3) is 17.7 Å². The fraction of sp³-hybridized carbons (Fsp3) is 0.143. The Kier molecular flexibility index (Phi) is 7.69. The van der Waals surface area contributed by atoms with Crippen molar-refractivity contribution in [1.82, 2.24) is 0 Å². The lowest BCUT2D eigenvalue weighted by Gasteiger charge is -2.15. The first kappa shape index (κ1) is 25.7. The highest BCUT2D eigenvalue weighted by molar-refractivity contribution is 6.53. The summed E-state index contributed by atoms with van der Waals surface area (Å²) in [6, 6.07) is 19.8. The third-order valence-corrected chi connectivity index (χ3v) is 6.05. The number of carbonyl (C=O) groups excluding carboxylic acids is 4. The van der Waals surface area contributed by atoms with Crippen molar-refractivity contribution >= 4 is 52.4 Å². The topological polar surface area (TPSA) is 105 Å². The van der Waals surface area contributed by atoms with E-state index < -0.39 is 17.8 Å². The molecule has 9 heteroatoms. The molecule has 37 heavy (non-hydrogen) atoms. The number of ether oxygens (including phenoxy) is 1. The van der Waals surface area contributed by atoms with Gasteiger partial charge in [-0.05, 0) is 79.6 Å². The van der Waals surface area contributed by atoms with Crippen LogP contribution in [0.15, 0.2) is 83.5 Å². The van der Waals surface area contributed by atoms with E-state index in [1.165, 1.54) is 0 Å². The van der Waals surface area contributed by atoms with Gasteiger partial charge in [-0.3, -0.25) is 14.4 Å². The number of hydrogen-bond donors (Lipinski definition) is 2. The zero-order valence-electron chi connectivity index (χ0n) is 20.2. The van der Waals surface area contributed by atoms with Gasteiger partial charge in [0, 0.05) is 16.9 Å². The van der Waals surface area contributed by atoms with E-state index in [0.717, 1.165) is 16.9 Å². The molecule has 0 saturated heterocycles. The molecule has 1 heterocycles. The molecule has 8 nitrogen and oxygen atoms in total. The fourth-order valence-corrected chi connectivity index (χ4v) is 3.90. The van der Waals surface area contributed by atoms with Gasteiger partial charge >= 0.3 is 5.97 Å². The smallest absolute Gasteiger partial charge is 0.338 e. The normalized spacial score (nSPS) is 13.1. The quantitative estimate of drug-likeness (QED) is 0.317. The highest BCUT2D eigenvalue weighted by atomic mass is 35.5. The molecular weight excluding hydrogens is 494 g/mol. The van der Waals surface area contributed by atoms with Crippen molar-refractivity contribution in [1.29, 1.82) is 0 Å². The van der Waals surface area contributed by atoms with E-state index in [0.29, 0.717) is 28.2 Å². The Balaban J connectivity index is 1.41. The lowest BCUT2D eigenvalue weighted by atomic mass is 10.1. The maximum absolute atomic E-state index is 13.0. The molecule has 1 aliphatic heterocycles. The lowest BCUT2D eigenvalue weighted by molar-refractivity contribution is -0.120. The summed E-state index contributed by atoms with van der Waals surface area (Å²) in [7, 11) is 0. The van der Waals surface area contributed by atoms with Crippen LogP contribution in [-0.4, -0.2) is 30.3 Å². The van der Waals surface area contributed by atoms with Crippen LogP contribution in [0.1, 0.15) is 40.1 Å². The maximum atomic E-state index is 13.0. The summed E-state index contributed by atoms with van der Waals surface area (Å²) >= 11 is 6.21. The van der Waals surface area contributed by atoms with Crippen molar-refractivity contribution in [2.24, 2.45) is 0 Å². The molecule has 0 radical (unpaired) electrons. The highest BCUT2D eigenvalue weighted by Crippen LogP contribution is 2.30. The second kappa shape index (κ2) is 11.1. The van der Waals surface area contributed by atoms with Gasteiger partial charge in [-0.15, -0.1) is 0 Å². The van der Waals surface area contributed by atoms with Crippen molar-refractivity contribution in [2.75, 3.05) is 22.1 Å². The predicted octanol–water partition coefficient (Wildman–Crippen LogP) is 5.11. The number of amides is 3. The average molecular weight is 518 g/mol. The first-order chi connectivity index (χ1) is 17.8. The van der Waals surface area contributed by atoms with Crippen molar-refractivity contribution < 1.29 is 23.9 Å². The zero-order valence-corrected chi connectivity index (χ0v) is 21.0. The van der Waals surface area contributed by atoms with E-state index in [9.17, 15) is 19.2 Å². The highest BCUT2D eigenvalue weighted by Gasteiger charge is 2.38.